The number of nitrogens with zero attached hydrogens (tertiary/aromatic N) is 1. The van der Waals surface area contributed by atoms with Crippen molar-refractivity contribution >= 4 is 5.91 Å². The van der Waals surface area contributed by atoms with Gasteiger partial charge in [0.2, 0.25) is 5.91 Å². The van der Waals surface area contributed by atoms with Crippen LogP contribution >= 0.6 is 0 Å². The van der Waals surface area contributed by atoms with Gasteiger partial charge in [-0.05, 0) is 30.5 Å². The summed E-state index contributed by atoms with van der Waals surface area (Å²) < 4.78 is 5.18. The Hall–Kier alpha value is -2.02. The van der Waals surface area contributed by atoms with E-state index in [0.717, 1.165) is 37.0 Å². The second kappa shape index (κ2) is 6.42. The van der Waals surface area contributed by atoms with Crippen molar-refractivity contribution in [3.05, 3.63) is 29.8 Å². The Balaban J connectivity index is 2.25. The normalized spacial score (nSPS) is 17.0. The van der Waals surface area contributed by atoms with Crippen molar-refractivity contribution < 1.29 is 9.53 Å². The standard InChI is InChI=1S/C16H20N2O2/c1-20-14-7-5-13(6-8-14)16(10-3-2-4-11-16)18-15(19)9-12-17/h5-8H,2-4,9-11H2,1H3,(H,18,19). The molecule has 1 aliphatic rings. The molecule has 20 heavy (non-hydrogen) atoms. The maximum atomic E-state index is 11.9. The summed E-state index contributed by atoms with van der Waals surface area (Å²) in [7, 11) is 1.64. The number of hydrogen-bond acceptors (Lipinski definition) is 3. The summed E-state index contributed by atoms with van der Waals surface area (Å²) in [5.41, 5.74) is 0.780. The molecule has 0 atom stereocenters. The average molecular weight is 272 g/mol. The molecule has 0 saturated heterocycles. The number of carbonyl (C=O) groups excluding carboxylic acids is 1. The zero-order valence-corrected chi connectivity index (χ0v) is 11.8. The Labute approximate surface area is 119 Å². The second-order valence-electron chi connectivity index (χ2n) is 5.25. The lowest BCUT2D eigenvalue weighted by Gasteiger charge is -2.38. The third-order valence-electron chi connectivity index (χ3n) is 3.97. The SMILES string of the molecule is COc1ccc(C2(NC(=O)CC#N)CCCCC2)cc1. The summed E-state index contributed by atoms with van der Waals surface area (Å²) in [5.74, 6) is 0.619. The fourth-order valence-corrected chi connectivity index (χ4v) is 2.93. The predicted molar refractivity (Wildman–Crippen MR) is 76.1 cm³/mol. The molecule has 1 aliphatic carbocycles. The summed E-state index contributed by atoms with van der Waals surface area (Å²) in [6.07, 6.45) is 5.16. The molecule has 0 aromatic heterocycles. The molecule has 2 rings (SSSR count). The second-order valence-corrected chi connectivity index (χ2v) is 5.25. The number of nitrogens with one attached hydrogen (secondary N) is 1. The fourth-order valence-electron chi connectivity index (χ4n) is 2.93. The first-order valence-corrected chi connectivity index (χ1v) is 7.03. The lowest BCUT2D eigenvalue weighted by molar-refractivity contribution is -0.122. The van der Waals surface area contributed by atoms with Gasteiger partial charge in [0.1, 0.15) is 12.2 Å². The third-order valence-corrected chi connectivity index (χ3v) is 3.97. The van der Waals surface area contributed by atoms with Crippen LogP contribution in [-0.2, 0) is 10.3 Å². The number of amides is 1. The molecule has 1 aromatic carbocycles. The van der Waals surface area contributed by atoms with Crippen LogP contribution in [0.5, 0.6) is 5.75 Å². The quantitative estimate of drug-likeness (QED) is 0.916. The van der Waals surface area contributed by atoms with E-state index in [2.05, 4.69) is 5.32 Å². The minimum atomic E-state index is -0.321. The van der Waals surface area contributed by atoms with Gasteiger partial charge in [0, 0.05) is 0 Å². The number of carbonyl (C=O) groups is 1. The molecule has 0 radical (unpaired) electrons. The Morgan fingerprint density at radius 3 is 2.50 bits per heavy atom. The molecule has 0 aliphatic heterocycles. The summed E-state index contributed by atoms with van der Waals surface area (Å²) in [5, 5.41) is 11.7. The van der Waals surface area contributed by atoms with Gasteiger partial charge in [-0.1, -0.05) is 31.4 Å². The van der Waals surface area contributed by atoms with Crippen LogP contribution in [0.15, 0.2) is 24.3 Å². The van der Waals surface area contributed by atoms with E-state index in [0.29, 0.717) is 0 Å². The number of ether oxygens (including phenoxy) is 1. The number of rotatable bonds is 4. The van der Waals surface area contributed by atoms with E-state index in [4.69, 9.17) is 10.00 Å². The van der Waals surface area contributed by atoms with Crippen LogP contribution in [0.25, 0.3) is 0 Å². The Bertz CT molecular complexity index is 496. The van der Waals surface area contributed by atoms with Gasteiger partial charge in [-0.2, -0.15) is 5.26 Å². The Morgan fingerprint density at radius 2 is 1.95 bits per heavy atom. The molecule has 1 fully saturated rings. The van der Waals surface area contributed by atoms with Gasteiger partial charge >= 0.3 is 0 Å². The van der Waals surface area contributed by atoms with E-state index in [1.54, 1.807) is 7.11 Å². The van der Waals surface area contributed by atoms with Gasteiger partial charge in [0.25, 0.3) is 0 Å². The molecule has 0 bridgehead atoms. The highest BCUT2D eigenvalue weighted by atomic mass is 16.5. The summed E-state index contributed by atoms with van der Waals surface area (Å²) in [6.45, 7) is 0. The van der Waals surface area contributed by atoms with Gasteiger partial charge in [-0.3, -0.25) is 4.79 Å². The molecule has 4 heteroatoms. The van der Waals surface area contributed by atoms with Crippen molar-refractivity contribution in [2.45, 2.75) is 44.1 Å². The molecule has 4 nitrogen and oxygen atoms in total. The third kappa shape index (κ3) is 3.11. The van der Waals surface area contributed by atoms with Crippen molar-refractivity contribution in [1.82, 2.24) is 5.32 Å². The molecule has 0 heterocycles. The zero-order chi connectivity index (χ0) is 14.4. The topological polar surface area (TPSA) is 62.1 Å². The monoisotopic (exact) mass is 272 g/mol. The highest BCUT2D eigenvalue weighted by Crippen LogP contribution is 2.37. The van der Waals surface area contributed by atoms with Crippen LogP contribution in [0, 0.1) is 11.3 Å². The molecule has 1 saturated carbocycles. The van der Waals surface area contributed by atoms with Crippen molar-refractivity contribution in [3.63, 3.8) is 0 Å². The van der Waals surface area contributed by atoms with Gasteiger partial charge in [0.15, 0.2) is 0 Å². The number of methoxy groups -OCH3 is 1. The van der Waals surface area contributed by atoms with E-state index in [9.17, 15) is 4.79 Å². The molecular weight excluding hydrogens is 252 g/mol. The molecule has 1 N–H and O–H groups in total. The van der Waals surface area contributed by atoms with E-state index in [1.165, 1.54) is 6.42 Å². The summed E-state index contributed by atoms with van der Waals surface area (Å²) in [6, 6.07) is 9.77. The highest BCUT2D eigenvalue weighted by Gasteiger charge is 2.35. The van der Waals surface area contributed by atoms with Crippen LogP contribution in [-0.4, -0.2) is 13.0 Å². The van der Waals surface area contributed by atoms with Crippen LogP contribution in [0.1, 0.15) is 44.1 Å². The Kier molecular flexibility index (Phi) is 4.62. The van der Waals surface area contributed by atoms with Gasteiger partial charge in [0.05, 0.1) is 18.7 Å². The van der Waals surface area contributed by atoms with E-state index >= 15 is 0 Å². The first-order valence-electron chi connectivity index (χ1n) is 7.03. The lowest BCUT2D eigenvalue weighted by Crippen LogP contribution is -2.47. The van der Waals surface area contributed by atoms with Gasteiger partial charge in [-0.15, -0.1) is 0 Å². The van der Waals surface area contributed by atoms with Gasteiger partial charge in [-0.25, -0.2) is 0 Å². The number of hydrogen-bond donors (Lipinski definition) is 1. The van der Waals surface area contributed by atoms with E-state index < -0.39 is 0 Å². The van der Waals surface area contributed by atoms with Crippen molar-refractivity contribution in [1.29, 1.82) is 5.26 Å². The summed E-state index contributed by atoms with van der Waals surface area (Å²) >= 11 is 0. The van der Waals surface area contributed by atoms with Crippen molar-refractivity contribution in [2.75, 3.05) is 7.11 Å². The van der Waals surface area contributed by atoms with Gasteiger partial charge < -0.3 is 10.1 Å². The van der Waals surface area contributed by atoms with Crippen LogP contribution in [0.3, 0.4) is 0 Å². The predicted octanol–water partition coefficient (Wildman–Crippen LogP) is 2.88. The van der Waals surface area contributed by atoms with Crippen molar-refractivity contribution in [2.24, 2.45) is 0 Å². The van der Waals surface area contributed by atoms with Crippen LogP contribution in [0.2, 0.25) is 0 Å². The number of nitriles is 1. The average Bonchev–Trinajstić information content (AvgIpc) is 2.48. The molecule has 106 valence electrons. The van der Waals surface area contributed by atoms with E-state index in [1.807, 2.05) is 30.3 Å². The fraction of sp³-hybridized carbons (Fsp3) is 0.500. The number of benzene rings is 1. The molecule has 0 unspecified atom stereocenters. The van der Waals surface area contributed by atoms with Crippen molar-refractivity contribution in [3.8, 4) is 11.8 Å². The lowest BCUT2D eigenvalue weighted by atomic mass is 9.76. The summed E-state index contributed by atoms with van der Waals surface area (Å²) in [4.78, 5) is 11.9. The molecule has 1 aromatic rings. The maximum Gasteiger partial charge on any atom is 0.234 e. The smallest absolute Gasteiger partial charge is 0.234 e. The van der Waals surface area contributed by atoms with E-state index in [-0.39, 0.29) is 17.9 Å². The minimum Gasteiger partial charge on any atom is -0.497 e. The first-order chi connectivity index (χ1) is 9.70. The maximum absolute atomic E-state index is 11.9. The highest BCUT2D eigenvalue weighted by molar-refractivity contribution is 5.79. The minimum absolute atomic E-state index is 0.0854. The van der Waals surface area contributed by atoms with Crippen LogP contribution in [0.4, 0.5) is 0 Å². The largest absolute Gasteiger partial charge is 0.497 e. The van der Waals surface area contributed by atoms with Crippen LogP contribution < -0.4 is 10.1 Å². The first kappa shape index (κ1) is 14.4. The zero-order valence-electron chi connectivity index (χ0n) is 11.8. The molecule has 1 amide bonds. The Morgan fingerprint density at radius 1 is 1.30 bits per heavy atom. The molecule has 0 spiro atoms. The molecular formula is C16H20N2O2.